The van der Waals surface area contributed by atoms with Crippen LogP contribution in [0.3, 0.4) is 0 Å². The third-order valence-corrected chi connectivity index (χ3v) is 7.86. The number of piperazine rings is 1. The molecule has 1 aromatic rings. The molecule has 2 fully saturated rings. The Kier molecular flexibility index (Phi) is 7.26. The van der Waals surface area contributed by atoms with Gasteiger partial charge >= 0.3 is 0 Å². The van der Waals surface area contributed by atoms with Crippen LogP contribution in [0.2, 0.25) is 0 Å². The van der Waals surface area contributed by atoms with Crippen molar-refractivity contribution in [2.45, 2.75) is 25.2 Å². The Labute approximate surface area is 172 Å². The third kappa shape index (κ3) is 5.14. The number of halogens is 1. The van der Waals surface area contributed by atoms with Crippen molar-refractivity contribution in [1.82, 2.24) is 14.5 Å². The lowest BCUT2D eigenvalue weighted by atomic mass is 9.73. The Balaban J connectivity index is 1.54. The van der Waals surface area contributed by atoms with Gasteiger partial charge in [-0.15, -0.1) is 0 Å². The molecule has 9 heteroatoms. The Morgan fingerprint density at radius 1 is 1.14 bits per heavy atom. The summed E-state index contributed by atoms with van der Waals surface area (Å²) in [4.78, 5) is 15.3. The van der Waals surface area contributed by atoms with Crippen LogP contribution in [0, 0.1) is 5.82 Å². The van der Waals surface area contributed by atoms with Gasteiger partial charge in [0.05, 0.1) is 11.2 Å². The van der Waals surface area contributed by atoms with Crippen molar-refractivity contribution in [3.8, 4) is 0 Å². The summed E-state index contributed by atoms with van der Waals surface area (Å²) >= 11 is 0. The Hall–Kier alpha value is -1.55. The minimum Gasteiger partial charge on any atom is -0.381 e. The van der Waals surface area contributed by atoms with Crippen LogP contribution in [0.15, 0.2) is 24.3 Å². The van der Waals surface area contributed by atoms with Crippen molar-refractivity contribution < 1.29 is 22.3 Å². The van der Waals surface area contributed by atoms with E-state index in [2.05, 4.69) is 10.2 Å². The molecule has 0 aliphatic carbocycles. The van der Waals surface area contributed by atoms with Gasteiger partial charge in [-0.25, -0.2) is 12.8 Å². The van der Waals surface area contributed by atoms with Crippen LogP contribution in [-0.2, 0) is 25.0 Å². The second-order valence-electron chi connectivity index (χ2n) is 7.60. The maximum Gasteiger partial charge on any atom is 0.230 e. The number of hydrogen-bond donors (Lipinski definition) is 1. The van der Waals surface area contributed by atoms with Gasteiger partial charge in [0.1, 0.15) is 5.82 Å². The van der Waals surface area contributed by atoms with Crippen molar-refractivity contribution in [3.63, 3.8) is 0 Å². The molecule has 0 spiro atoms. The molecule has 2 heterocycles. The molecule has 2 aliphatic rings. The van der Waals surface area contributed by atoms with Crippen molar-refractivity contribution in [2.24, 2.45) is 0 Å². The number of benzene rings is 1. The first-order chi connectivity index (χ1) is 13.9. The highest BCUT2D eigenvalue weighted by Gasteiger charge is 2.41. The molecule has 29 heavy (non-hydrogen) atoms. The van der Waals surface area contributed by atoms with E-state index in [0.717, 1.165) is 5.56 Å². The van der Waals surface area contributed by atoms with E-state index in [1.54, 1.807) is 19.1 Å². The molecule has 0 unspecified atom stereocenters. The van der Waals surface area contributed by atoms with Crippen LogP contribution >= 0.6 is 0 Å². The number of carbonyl (C=O) groups excluding carboxylic acids is 1. The van der Waals surface area contributed by atoms with Crippen LogP contribution in [0.1, 0.15) is 25.3 Å². The SMILES string of the molecule is CCS(=O)(=O)N1CCN(CCNC(=O)C2(c3ccc(F)cc3)CCOCC2)CC1. The monoisotopic (exact) mass is 427 g/mol. The fraction of sp³-hybridized carbons (Fsp3) is 0.650. The lowest BCUT2D eigenvalue weighted by molar-refractivity contribution is -0.130. The zero-order chi connectivity index (χ0) is 20.9. The molecule has 0 atom stereocenters. The summed E-state index contributed by atoms with van der Waals surface area (Å²) < 4.78 is 44.2. The molecule has 0 aromatic heterocycles. The highest BCUT2D eigenvalue weighted by Crippen LogP contribution is 2.35. The van der Waals surface area contributed by atoms with E-state index >= 15 is 0 Å². The molecule has 7 nitrogen and oxygen atoms in total. The number of nitrogens with zero attached hydrogens (tertiary/aromatic N) is 2. The summed E-state index contributed by atoms with van der Waals surface area (Å²) in [6.45, 7) is 6.10. The summed E-state index contributed by atoms with van der Waals surface area (Å²) in [6.07, 6.45) is 1.13. The van der Waals surface area contributed by atoms with Gasteiger partial charge in [-0.3, -0.25) is 9.69 Å². The Bertz CT molecular complexity index is 786. The van der Waals surface area contributed by atoms with E-state index in [0.29, 0.717) is 65.3 Å². The number of nitrogens with one attached hydrogen (secondary N) is 1. The van der Waals surface area contributed by atoms with E-state index in [4.69, 9.17) is 4.74 Å². The van der Waals surface area contributed by atoms with Gasteiger partial charge in [-0.2, -0.15) is 4.31 Å². The number of carbonyl (C=O) groups is 1. The van der Waals surface area contributed by atoms with Crippen molar-refractivity contribution >= 4 is 15.9 Å². The predicted octanol–water partition coefficient (Wildman–Crippen LogP) is 0.957. The van der Waals surface area contributed by atoms with Crippen LogP contribution < -0.4 is 5.32 Å². The fourth-order valence-electron chi connectivity index (χ4n) is 4.05. The van der Waals surface area contributed by atoms with Crippen LogP contribution in [0.4, 0.5) is 4.39 Å². The van der Waals surface area contributed by atoms with Crippen LogP contribution in [-0.4, -0.2) is 81.8 Å². The number of amides is 1. The molecule has 1 N–H and O–H groups in total. The normalized spacial score (nSPS) is 21.0. The largest absolute Gasteiger partial charge is 0.381 e. The van der Waals surface area contributed by atoms with Gasteiger partial charge < -0.3 is 10.1 Å². The molecule has 2 aliphatic heterocycles. The molecular weight excluding hydrogens is 397 g/mol. The molecule has 2 saturated heterocycles. The van der Waals surface area contributed by atoms with Crippen molar-refractivity contribution in [3.05, 3.63) is 35.6 Å². The van der Waals surface area contributed by atoms with Gasteiger partial charge in [-0.1, -0.05) is 12.1 Å². The minimum absolute atomic E-state index is 0.0559. The maximum absolute atomic E-state index is 13.3. The topological polar surface area (TPSA) is 79.0 Å². The molecule has 0 bridgehead atoms. The summed E-state index contributed by atoms with van der Waals surface area (Å²) in [5.74, 6) is -0.252. The summed E-state index contributed by atoms with van der Waals surface area (Å²) in [6, 6.07) is 6.16. The van der Waals surface area contributed by atoms with E-state index < -0.39 is 15.4 Å². The first kappa shape index (κ1) is 22.1. The molecule has 0 saturated carbocycles. The molecule has 1 aromatic carbocycles. The fourth-order valence-corrected chi connectivity index (χ4v) is 5.13. The summed E-state index contributed by atoms with van der Waals surface area (Å²) in [5.41, 5.74) is 0.123. The van der Waals surface area contributed by atoms with Gasteiger partial charge in [0, 0.05) is 52.5 Å². The minimum atomic E-state index is -3.14. The average molecular weight is 428 g/mol. The summed E-state index contributed by atoms with van der Waals surface area (Å²) in [5, 5.41) is 3.04. The van der Waals surface area contributed by atoms with Crippen molar-refractivity contribution in [2.75, 3.05) is 58.2 Å². The highest BCUT2D eigenvalue weighted by molar-refractivity contribution is 7.89. The number of ether oxygens (including phenoxy) is 1. The number of sulfonamides is 1. The van der Waals surface area contributed by atoms with E-state index in [1.165, 1.54) is 16.4 Å². The predicted molar refractivity (Wildman–Crippen MR) is 109 cm³/mol. The number of hydrogen-bond acceptors (Lipinski definition) is 5. The number of rotatable bonds is 7. The zero-order valence-electron chi connectivity index (χ0n) is 16.9. The quantitative estimate of drug-likeness (QED) is 0.701. The Morgan fingerprint density at radius 2 is 1.76 bits per heavy atom. The highest BCUT2D eigenvalue weighted by atomic mass is 32.2. The Morgan fingerprint density at radius 3 is 2.34 bits per heavy atom. The van der Waals surface area contributed by atoms with Crippen molar-refractivity contribution in [1.29, 1.82) is 0 Å². The smallest absolute Gasteiger partial charge is 0.230 e. The maximum atomic E-state index is 13.3. The van der Waals surface area contributed by atoms with Crippen LogP contribution in [0.5, 0.6) is 0 Å². The third-order valence-electron chi connectivity index (χ3n) is 5.98. The average Bonchev–Trinajstić information content (AvgIpc) is 2.75. The summed E-state index contributed by atoms with van der Waals surface area (Å²) in [7, 11) is -3.14. The van der Waals surface area contributed by atoms with E-state index in [9.17, 15) is 17.6 Å². The van der Waals surface area contributed by atoms with Gasteiger partial charge in [0.25, 0.3) is 0 Å². The van der Waals surface area contributed by atoms with Crippen LogP contribution in [0.25, 0.3) is 0 Å². The van der Waals surface area contributed by atoms with Gasteiger partial charge in [0.15, 0.2) is 0 Å². The van der Waals surface area contributed by atoms with Gasteiger partial charge in [-0.05, 0) is 37.5 Å². The molecule has 3 rings (SSSR count). The van der Waals surface area contributed by atoms with Gasteiger partial charge in [0.2, 0.25) is 15.9 Å². The molecule has 1 amide bonds. The van der Waals surface area contributed by atoms with E-state index in [-0.39, 0.29) is 17.5 Å². The molecule has 162 valence electrons. The first-order valence-corrected chi connectivity index (χ1v) is 11.8. The zero-order valence-corrected chi connectivity index (χ0v) is 17.7. The first-order valence-electron chi connectivity index (χ1n) is 10.2. The molecule has 0 radical (unpaired) electrons. The standard InChI is InChI=1S/C20H30FN3O4S/c1-2-29(26,27)24-13-11-23(12-14-24)10-9-22-19(25)20(7-15-28-16-8-20)17-3-5-18(21)6-4-17/h3-6H,2,7-16H2,1H3,(H,22,25). The molecular formula is C20H30FN3O4S. The lowest BCUT2D eigenvalue weighted by Gasteiger charge is -2.37. The van der Waals surface area contributed by atoms with E-state index in [1.807, 2.05) is 0 Å². The second-order valence-corrected chi connectivity index (χ2v) is 9.86. The second kappa shape index (κ2) is 9.51. The lowest BCUT2D eigenvalue weighted by Crippen LogP contribution is -2.52.